The van der Waals surface area contributed by atoms with Crippen LogP contribution in [0.15, 0.2) is 142 Å². The molecule has 11 rings (SSSR count). The third-order valence-electron chi connectivity index (χ3n) is 10.1. The molecule has 0 aliphatic heterocycles. The lowest BCUT2D eigenvalue weighted by atomic mass is 9.89. The van der Waals surface area contributed by atoms with Gasteiger partial charge >= 0.3 is 0 Å². The fraction of sp³-hybridized carbons (Fsp3) is 0.0444. The molecule has 0 bridgehead atoms. The summed E-state index contributed by atoms with van der Waals surface area (Å²) >= 11 is 1.81. The van der Waals surface area contributed by atoms with Crippen LogP contribution in [-0.4, -0.2) is 15.0 Å². The Hall–Kier alpha value is -6.37. The van der Waals surface area contributed by atoms with Crippen molar-refractivity contribution in [3.05, 3.63) is 150 Å². The number of rotatable bonds is 4. The van der Waals surface area contributed by atoms with Crippen molar-refractivity contribution in [2.24, 2.45) is 0 Å². The molecule has 1 aliphatic carbocycles. The molecular weight excluding hydrogens is 647 g/mol. The first kappa shape index (κ1) is 28.5. The van der Waals surface area contributed by atoms with Crippen molar-refractivity contribution in [3.63, 3.8) is 0 Å². The molecule has 0 radical (unpaired) electrons. The molecule has 6 aromatic carbocycles. The summed E-state index contributed by atoms with van der Waals surface area (Å²) in [5, 5.41) is 5.66. The fourth-order valence-electron chi connectivity index (χ4n) is 7.67. The summed E-state index contributed by atoms with van der Waals surface area (Å²) in [5.41, 5.74) is 8.89. The minimum absolute atomic E-state index is 0.606. The number of aromatic nitrogens is 3. The average Bonchev–Trinajstić information content (AvgIpc) is 3.88. The second-order valence-corrected chi connectivity index (χ2v) is 14.1. The molecule has 0 saturated heterocycles. The van der Waals surface area contributed by atoms with E-state index in [4.69, 9.17) is 23.8 Å². The molecule has 0 spiro atoms. The lowest BCUT2D eigenvalue weighted by molar-refractivity contribution is 0.596. The highest BCUT2D eigenvalue weighted by Crippen LogP contribution is 2.44. The second-order valence-electron chi connectivity index (χ2n) is 13.1. The van der Waals surface area contributed by atoms with Crippen molar-refractivity contribution in [2.45, 2.75) is 12.8 Å². The minimum Gasteiger partial charge on any atom is -0.456 e. The van der Waals surface area contributed by atoms with Gasteiger partial charge in [-0.15, -0.1) is 11.3 Å². The molecule has 0 atom stereocenters. The van der Waals surface area contributed by atoms with E-state index < -0.39 is 0 Å². The van der Waals surface area contributed by atoms with Gasteiger partial charge in [0.25, 0.3) is 0 Å². The number of thiophene rings is 1. The van der Waals surface area contributed by atoms with Gasteiger partial charge in [0, 0.05) is 64.1 Å². The maximum absolute atomic E-state index is 6.71. The Labute approximate surface area is 296 Å². The fourth-order valence-corrected chi connectivity index (χ4v) is 8.76. The molecule has 10 aromatic rings. The predicted octanol–water partition coefficient (Wildman–Crippen LogP) is 12.4. The topological polar surface area (TPSA) is 65.0 Å². The van der Waals surface area contributed by atoms with Crippen LogP contribution in [0.2, 0.25) is 0 Å². The van der Waals surface area contributed by atoms with Crippen molar-refractivity contribution in [3.8, 4) is 34.2 Å². The molecular formula is C45H27N3O2S. The van der Waals surface area contributed by atoms with E-state index in [2.05, 4.69) is 84.9 Å². The van der Waals surface area contributed by atoms with Crippen molar-refractivity contribution in [2.75, 3.05) is 0 Å². The molecule has 0 N–H and O–H groups in total. The molecule has 4 aromatic heterocycles. The molecule has 4 heterocycles. The van der Waals surface area contributed by atoms with Crippen LogP contribution in [0.25, 0.3) is 98.9 Å². The zero-order chi connectivity index (χ0) is 33.5. The summed E-state index contributed by atoms with van der Waals surface area (Å²) in [4.78, 5) is 15.4. The highest BCUT2D eigenvalue weighted by Gasteiger charge is 2.24. The Morgan fingerprint density at radius 2 is 1.16 bits per heavy atom. The maximum atomic E-state index is 6.71. The minimum atomic E-state index is 0.606. The third-order valence-corrected chi connectivity index (χ3v) is 11.2. The van der Waals surface area contributed by atoms with Crippen LogP contribution in [-0.2, 0) is 6.42 Å². The van der Waals surface area contributed by atoms with Gasteiger partial charge in [0.05, 0.1) is 0 Å². The van der Waals surface area contributed by atoms with Crippen LogP contribution in [0, 0.1) is 0 Å². The van der Waals surface area contributed by atoms with Crippen LogP contribution in [0.5, 0.6) is 0 Å². The van der Waals surface area contributed by atoms with E-state index in [-0.39, 0.29) is 0 Å². The van der Waals surface area contributed by atoms with E-state index >= 15 is 0 Å². The van der Waals surface area contributed by atoms with Gasteiger partial charge in [-0.25, -0.2) is 15.0 Å². The van der Waals surface area contributed by atoms with Crippen LogP contribution < -0.4 is 0 Å². The van der Waals surface area contributed by atoms with Gasteiger partial charge in [0.15, 0.2) is 17.5 Å². The van der Waals surface area contributed by atoms with Crippen LogP contribution >= 0.6 is 11.3 Å². The van der Waals surface area contributed by atoms with E-state index in [0.717, 1.165) is 68.4 Å². The van der Waals surface area contributed by atoms with E-state index in [0.29, 0.717) is 17.5 Å². The lowest BCUT2D eigenvalue weighted by Crippen LogP contribution is -2.01. The maximum Gasteiger partial charge on any atom is 0.164 e. The number of nitrogens with zero attached hydrogens (tertiary/aromatic N) is 3. The Morgan fingerprint density at radius 1 is 0.490 bits per heavy atom. The summed E-state index contributed by atoms with van der Waals surface area (Å²) in [5.74, 6) is 2.79. The summed E-state index contributed by atoms with van der Waals surface area (Å²) in [6.07, 6.45) is 3.98. The van der Waals surface area contributed by atoms with Gasteiger partial charge in [0.2, 0.25) is 0 Å². The summed E-state index contributed by atoms with van der Waals surface area (Å²) < 4.78 is 15.6. The number of allylic oxidation sites excluding steroid dienone is 1. The van der Waals surface area contributed by atoms with Gasteiger partial charge in [-0.2, -0.15) is 0 Å². The van der Waals surface area contributed by atoms with E-state index in [1.165, 1.54) is 36.7 Å². The molecule has 240 valence electrons. The van der Waals surface area contributed by atoms with Gasteiger partial charge < -0.3 is 8.83 Å². The van der Waals surface area contributed by atoms with Crippen LogP contribution in [0.1, 0.15) is 23.3 Å². The molecule has 5 nitrogen and oxygen atoms in total. The summed E-state index contributed by atoms with van der Waals surface area (Å²) in [6, 6.07) is 46.1. The average molecular weight is 674 g/mol. The Bertz CT molecular complexity index is 3040. The quantitative estimate of drug-likeness (QED) is 0.186. The van der Waals surface area contributed by atoms with Crippen molar-refractivity contribution in [1.82, 2.24) is 15.0 Å². The summed E-state index contributed by atoms with van der Waals surface area (Å²) in [6.45, 7) is 0. The standard InChI is InChI=1S/C45H27N3O2S/c1-2-10-26(11-3-1)43-46-44(28-19-23-40-35(24-28)32-13-6-9-17-39(32)51-40)48-45(47-43)34-22-21-29(42-41(34)33-14-5-8-16-37(33)50-42)27-18-20-31-30-12-4-7-15-36(30)49-38(31)25-27/h1-17,19,21-25H,18,20H2. The number of hydrogen-bond acceptors (Lipinski definition) is 6. The lowest BCUT2D eigenvalue weighted by Gasteiger charge is -2.15. The normalized spacial score (nSPS) is 13.1. The molecule has 0 saturated carbocycles. The van der Waals surface area contributed by atoms with E-state index in [9.17, 15) is 0 Å². The number of benzene rings is 6. The first-order valence-corrected chi connectivity index (χ1v) is 18.0. The SMILES string of the molecule is C1=C(c2ccc(-c3nc(-c4ccccc4)nc(-c4ccc5sc6ccccc6c5c4)n3)c3c2oc2ccccc23)CCc2c1oc1ccccc21. The molecule has 0 amide bonds. The Balaban J connectivity index is 1.13. The predicted molar refractivity (Wildman–Crippen MR) is 209 cm³/mol. The van der Waals surface area contributed by atoms with Crippen molar-refractivity contribution < 1.29 is 8.83 Å². The van der Waals surface area contributed by atoms with Gasteiger partial charge in [-0.05, 0) is 67.0 Å². The van der Waals surface area contributed by atoms with Crippen molar-refractivity contribution in [1.29, 1.82) is 0 Å². The second kappa shape index (κ2) is 11.1. The zero-order valence-corrected chi connectivity index (χ0v) is 28.1. The van der Waals surface area contributed by atoms with Crippen molar-refractivity contribution >= 4 is 76.1 Å². The number of fused-ring (bicyclic) bond motifs is 9. The molecule has 1 aliphatic rings. The molecule has 6 heteroatoms. The molecule has 0 fully saturated rings. The largest absolute Gasteiger partial charge is 0.456 e. The van der Waals surface area contributed by atoms with Gasteiger partial charge in [-0.1, -0.05) is 91.0 Å². The molecule has 51 heavy (non-hydrogen) atoms. The first-order chi connectivity index (χ1) is 25.2. The first-order valence-electron chi connectivity index (χ1n) is 17.1. The number of hydrogen-bond donors (Lipinski definition) is 0. The highest BCUT2D eigenvalue weighted by atomic mass is 32.1. The Morgan fingerprint density at radius 3 is 2.02 bits per heavy atom. The number of aryl methyl sites for hydroxylation is 1. The van der Waals surface area contributed by atoms with Gasteiger partial charge in [-0.3, -0.25) is 0 Å². The Kier molecular flexibility index (Phi) is 6.18. The monoisotopic (exact) mass is 673 g/mol. The van der Waals surface area contributed by atoms with E-state index in [1.54, 1.807) is 11.3 Å². The summed E-state index contributed by atoms with van der Waals surface area (Å²) in [7, 11) is 0. The number of furan rings is 2. The smallest absolute Gasteiger partial charge is 0.164 e. The van der Waals surface area contributed by atoms with E-state index in [1.807, 2.05) is 54.6 Å². The van der Waals surface area contributed by atoms with Crippen LogP contribution in [0.3, 0.4) is 0 Å². The zero-order valence-electron chi connectivity index (χ0n) is 27.3. The molecule has 0 unspecified atom stereocenters. The highest BCUT2D eigenvalue weighted by molar-refractivity contribution is 7.25. The third kappa shape index (κ3) is 4.50. The number of para-hydroxylation sites is 2. The van der Waals surface area contributed by atoms with Gasteiger partial charge in [0.1, 0.15) is 22.5 Å². The van der Waals surface area contributed by atoms with Crippen LogP contribution in [0.4, 0.5) is 0 Å².